The fourth-order valence-corrected chi connectivity index (χ4v) is 1.73. The Balaban J connectivity index is 2.48. The van der Waals surface area contributed by atoms with Gasteiger partial charge in [-0.15, -0.1) is 0 Å². The molecule has 0 aliphatic heterocycles. The number of nitrogens with zero attached hydrogens (tertiary/aromatic N) is 3. The number of aryl methyl sites for hydroxylation is 1. The number of carboxylic acid groups (broad SMARTS) is 1. The van der Waals surface area contributed by atoms with Crippen LogP contribution in [0.5, 0.6) is 5.75 Å². The minimum Gasteiger partial charge on any atom is -0.497 e. The lowest BCUT2D eigenvalue weighted by Crippen LogP contribution is -2.03. The van der Waals surface area contributed by atoms with Crippen molar-refractivity contribution in [2.45, 2.75) is 6.42 Å². The van der Waals surface area contributed by atoms with Crippen molar-refractivity contribution in [2.24, 2.45) is 7.05 Å². The lowest BCUT2D eigenvalue weighted by Gasteiger charge is -2.07. The molecule has 1 N–H and O–H groups in total. The van der Waals surface area contributed by atoms with E-state index >= 15 is 0 Å². The number of hydrogen-bond donors (Lipinski definition) is 1. The Bertz CT molecular complexity index is 578. The van der Waals surface area contributed by atoms with E-state index in [1.807, 2.05) is 0 Å². The summed E-state index contributed by atoms with van der Waals surface area (Å²) in [5, 5.41) is 17.1. The molecule has 0 saturated heterocycles. The van der Waals surface area contributed by atoms with Gasteiger partial charge in [-0.3, -0.25) is 4.79 Å². The molecule has 18 heavy (non-hydrogen) atoms. The number of aliphatic carboxylic acids is 1. The van der Waals surface area contributed by atoms with E-state index in [0.717, 1.165) is 5.56 Å². The van der Waals surface area contributed by atoms with Crippen molar-refractivity contribution in [3.05, 3.63) is 30.0 Å². The molecule has 0 bridgehead atoms. The average Bonchev–Trinajstić information content (AvgIpc) is 2.74. The summed E-state index contributed by atoms with van der Waals surface area (Å²) >= 11 is 0. The van der Waals surface area contributed by atoms with Crippen LogP contribution in [0, 0.1) is 0 Å². The molecule has 0 atom stereocenters. The summed E-state index contributed by atoms with van der Waals surface area (Å²) in [6.45, 7) is 0. The molecule has 0 unspecified atom stereocenters. The third kappa shape index (κ3) is 2.48. The molecule has 0 saturated carbocycles. The largest absolute Gasteiger partial charge is 0.497 e. The summed E-state index contributed by atoms with van der Waals surface area (Å²) in [6.07, 6.45) is 1.52. The van der Waals surface area contributed by atoms with Crippen molar-refractivity contribution < 1.29 is 14.6 Å². The fourth-order valence-electron chi connectivity index (χ4n) is 1.73. The maximum absolute atomic E-state index is 10.9. The molecule has 0 amide bonds. The number of carbonyl (C=O) groups is 1. The first-order valence-corrected chi connectivity index (χ1v) is 5.35. The second-order valence-electron chi connectivity index (χ2n) is 3.81. The van der Waals surface area contributed by atoms with Gasteiger partial charge in [0.05, 0.1) is 19.7 Å². The molecular formula is C12H13N3O3. The molecule has 1 aromatic heterocycles. The van der Waals surface area contributed by atoms with E-state index in [1.165, 1.54) is 4.80 Å². The number of benzene rings is 1. The number of ether oxygens (including phenoxy) is 1. The van der Waals surface area contributed by atoms with Crippen LogP contribution in [-0.4, -0.2) is 33.2 Å². The molecular weight excluding hydrogens is 234 g/mol. The summed E-state index contributed by atoms with van der Waals surface area (Å²) in [5.74, 6) is -0.271. The molecule has 2 rings (SSSR count). The predicted molar refractivity (Wildman–Crippen MR) is 64.3 cm³/mol. The normalized spacial score (nSPS) is 10.3. The zero-order chi connectivity index (χ0) is 13.1. The minimum atomic E-state index is -0.895. The topological polar surface area (TPSA) is 77.2 Å². The van der Waals surface area contributed by atoms with Gasteiger partial charge in [0.2, 0.25) is 0 Å². The summed E-state index contributed by atoms with van der Waals surface area (Å²) in [4.78, 5) is 12.3. The second kappa shape index (κ2) is 4.87. The molecule has 2 aromatic rings. The van der Waals surface area contributed by atoms with Gasteiger partial charge in [0.15, 0.2) is 0 Å². The van der Waals surface area contributed by atoms with Crippen molar-refractivity contribution >= 4 is 5.97 Å². The highest BCUT2D eigenvalue weighted by molar-refractivity contribution is 5.75. The quantitative estimate of drug-likeness (QED) is 0.876. The van der Waals surface area contributed by atoms with Gasteiger partial charge in [-0.05, 0) is 23.8 Å². The number of methoxy groups -OCH3 is 1. The molecule has 94 valence electrons. The first-order valence-electron chi connectivity index (χ1n) is 5.35. The fraction of sp³-hybridized carbons (Fsp3) is 0.250. The van der Waals surface area contributed by atoms with E-state index in [0.29, 0.717) is 17.0 Å². The van der Waals surface area contributed by atoms with Crippen LogP contribution in [0.2, 0.25) is 0 Å². The molecule has 6 heteroatoms. The van der Waals surface area contributed by atoms with Gasteiger partial charge in [0.25, 0.3) is 0 Å². The monoisotopic (exact) mass is 247 g/mol. The van der Waals surface area contributed by atoms with E-state index in [1.54, 1.807) is 38.6 Å². The molecule has 0 fully saturated rings. The first-order chi connectivity index (χ1) is 8.60. The summed E-state index contributed by atoms with van der Waals surface area (Å²) in [7, 11) is 3.26. The lowest BCUT2D eigenvalue weighted by atomic mass is 10.0. The highest BCUT2D eigenvalue weighted by Gasteiger charge is 2.12. The van der Waals surface area contributed by atoms with E-state index in [4.69, 9.17) is 9.84 Å². The van der Waals surface area contributed by atoms with Crippen LogP contribution in [0.3, 0.4) is 0 Å². The van der Waals surface area contributed by atoms with Crippen LogP contribution in [0.4, 0.5) is 0 Å². The van der Waals surface area contributed by atoms with Gasteiger partial charge >= 0.3 is 5.97 Å². The molecule has 0 aliphatic rings. The van der Waals surface area contributed by atoms with Crippen LogP contribution < -0.4 is 4.74 Å². The van der Waals surface area contributed by atoms with Crippen molar-refractivity contribution in [3.8, 4) is 17.0 Å². The first kappa shape index (κ1) is 12.1. The summed E-state index contributed by atoms with van der Waals surface area (Å²) in [6, 6.07) is 5.27. The van der Waals surface area contributed by atoms with Gasteiger partial charge in [0.1, 0.15) is 11.4 Å². The van der Waals surface area contributed by atoms with Gasteiger partial charge in [-0.25, -0.2) is 0 Å². The Kier molecular flexibility index (Phi) is 3.27. The van der Waals surface area contributed by atoms with Crippen LogP contribution in [0.15, 0.2) is 24.4 Å². The zero-order valence-electron chi connectivity index (χ0n) is 10.1. The van der Waals surface area contributed by atoms with E-state index in [-0.39, 0.29) is 6.42 Å². The van der Waals surface area contributed by atoms with Crippen LogP contribution >= 0.6 is 0 Å². The van der Waals surface area contributed by atoms with Gasteiger partial charge in [0, 0.05) is 12.6 Å². The smallest absolute Gasteiger partial charge is 0.307 e. The highest BCUT2D eigenvalue weighted by atomic mass is 16.5. The average molecular weight is 247 g/mol. The van der Waals surface area contributed by atoms with Crippen molar-refractivity contribution in [2.75, 3.05) is 7.11 Å². The molecule has 6 nitrogen and oxygen atoms in total. The van der Waals surface area contributed by atoms with Crippen molar-refractivity contribution in [3.63, 3.8) is 0 Å². The third-order valence-corrected chi connectivity index (χ3v) is 2.53. The van der Waals surface area contributed by atoms with Gasteiger partial charge in [-0.1, -0.05) is 0 Å². The lowest BCUT2D eigenvalue weighted by molar-refractivity contribution is -0.136. The number of carboxylic acids is 1. The predicted octanol–water partition coefficient (Wildman–Crippen LogP) is 1.12. The van der Waals surface area contributed by atoms with Crippen LogP contribution in [-0.2, 0) is 18.3 Å². The van der Waals surface area contributed by atoms with E-state index in [2.05, 4.69) is 10.2 Å². The Labute approximate surface area is 104 Å². The molecule has 1 heterocycles. The second-order valence-corrected chi connectivity index (χ2v) is 3.81. The Hall–Kier alpha value is -2.37. The molecule has 1 aromatic carbocycles. The van der Waals surface area contributed by atoms with Crippen LogP contribution in [0.25, 0.3) is 11.3 Å². The summed E-state index contributed by atoms with van der Waals surface area (Å²) < 4.78 is 5.10. The SMILES string of the molecule is COc1ccc(-c2cnn(C)n2)c(CC(=O)O)c1. The maximum Gasteiger partial charge on any atom is 0.307 e. The Morgan fingerprint density at radius 1 is 1.50 bits per heavy atom. The van der Waals surface area contributed by atoms with Crippen LogP contribution in [0.1, 0.15) is 5.56 Å². The summed E-state index contributed by atoms with van der Waals surface area (Å²) in [5.41, 5.74) is 2.06. The van der Waals surface area contributed by atoms with Crippen molar-refractivity contribution in [1.29, 1.82) is 0 Å². The number of hydrogen-bond acceptors (Lipinski definition) is 4. The molecule has 0 radical (unpaired) electrons. The Morgan fingerprint density at radius 3 is 2.83 bits per heavy atom. The number of rotatable bonds is 4. The van der Waals surface area contributed by atoms with Crippen molar-refractivity contribution in [1.82, 2.24) is 15.0 Å². The maximum atomic E-state index is 10.9. The third-order valence-electron chi connectivity index (χ3n) is 2.53. The molecule has 0 spiro atoms. The number of aromatic nitrogens is 3. The van der Waals surface area contributed by atoms with E-state index < -0.39 is 5.97 Å². The Morgan fingerprint density at radius 2 is 2.28 bits per heavy atom. The molecule has 0 aliphatic carbocycles. The highest BCUT2D eigenvalue weighted by Crippen LogP contribution is 2.26. The minimum absolute atomic E-state index is 0.0803. The van der Waals surface area contributed by atoms with E-state index in [9.17, 15) is 4.79 Å². The zero-order valence-corrected chi connectivity index (χ0v) is 10.1. The standard InChI is InChI=1S/C12H13N3O3/c1-15-13-7-11(14-15)10-4-3-9(18-2)5-8(10)6-12(16)17/h3-5,7H,6H2,1-2H3,(H,16,17). The van der Waals surface area contributed by atoms with Gasteiger partial charge in [-0.2, -0.15) is 15.0 Å². The van der Waals surface area contributed by atoms with Gasteiger partial charge < -0.3 is 9.84 Å².